The van der Waals surface area contributed by atoms with E-state index in [-0.39, 0.29) is 5.91 Å². The van der Waals surface area contributed by atoms with Crippen molar-refractivity contribution in [1.82, 2.24) is 10.2 Å². The highest BCUT2D eigenvalue weighted by molar-refractivity contribution is 7.10. The monoisotopic (exact) mass is 296 g/mol. The highest BCUT2D eigenvalue weighted by Crippen LogP contribution is 2.17. The first-order chi connectivity index (χ1) is 9.70. The summed E-state index contributed by atoms with van der Waals surface area (Å²) in [5.41, 5.74) is 1.37. The van der Waals surface area contributed by atoms with Gasteiger partial charge in [0.15, 0.2) is 0 Å². The lowest BCUT2D eigenvalue weighted by molar-refractivity contribution is -0.133. The molecule has 0 aliphatic carbocycles. The Morgan fingerprint density at radius 2 is 2.25 bits per heavy atom. The zero-order valence-corrected chi connectivity index (χ0v) is 13.2. The molecule has 0 spiro atoms. The molecule has 0 aromatic carbocycles. The van der Waals surface area contributed by atoms with E-state index in [0.717, 1.165) is 32.5 Å². The molecule has 1 fully saturated rings. The number of hydrogen-bond acceptors (Lipinski definition) is 4. The molecular weight excluding hydrogens is 272 g/mol. The predicted molar refractivity (Wildman–Crippen MR) is 82.0 cm³/mol. The van der Waals surface area contributed by atoms with Crippen molar-refractivity contribution in [1.29, 1.82) is 0 Å². The van der Waals surface area contributed by atoms with E-state index in [4.69, 9.17) is 4.74 Å². The number of thiophene rings is 1. The molecule has 20 heavy (non-hydrogen) atoms. The number of aryl methyl sites for hydroxylation is 1. The number of carbonyl (C=O) groups excluding carboxylic acids is 1. The van der Waals surface area contributed by atoms with E-state index in [0.29, 0.717) is 19.1 Å². The molecule has 112 valence electrons. The first kappa shape index (κ1) is 15.5. The molecule has 2 rings (SSSR count). The number of rotatable bonds is 6. The minimum absolute atomic E-state index is 0.222. The molecule has 0 atom stereocenters. The minimum atomic E-state index is 0.222. The Kier molecular flexibility index (Phi) is 6.01. The van der Waals surface area contributed by atoms with Crippen LogP contribution >= 0.6 is 11.3 Å². The number of nitrogens with zero attached hydrogens (tertiary/aromatic N) is 1. The number of likely N-dealkylation sites (tertiary alicyclic amines) is 1. The maximum Gasteiger partial charge on any atom is 0.224 e. The fraction of sp³-hybridized carbons (Fsp3) is 0.667. The van der Waals surface area contributed by atoms with Crippen molar-refractivity contribution in [3.05, 3.63) is 21.9 Å². The standard InChI is InChI=1S/C15H24N2O2S/c1-12-6-10-20-14(12)11-16-13-3-7-17(8-4-13)15(18)5-9-19-2/h6,10,13,16H,3-5,7-9,11H2,1-2H3. The Morgan fingerprint density at radius 1 is 1.50 bits per heavy atom. The predicted octanol–water partition coefficient (Wildman–Crippen LogP) is 2.17. The number of piperidine rings is 1. The highest BCUT2D eigenvalue weighted by atomic mass is 32.1. The van der Waals surface area contributed by atoms with Crippen LogP contribution < -0.4 is 5.32 Å². The Bertz CT molecular complexity index is 425. The summed E-state index contributed by atoms with van der Waals surface area (Å²) in [6.07, 6.45) is 2.59. The number of hydrogen-bond donors (Lipinski definition) is 1. The van der Waals surface area contributed by atoms with Gasteiger partial charge in [-0.2, -0.15) is 0 Å². The molecular formula is C15H24N2O2S. The Labute approximate surface area is 125 Å². The molecule has 0 saturated carbocycles. The van der Waals surface area contributed by atoms with Crippen molar-refractivity contribution in [2.75, 3.05) is 26.8 Å². The summed E-state index contributed by atoms with van der Waals surface area (Å²) in [6.45, 7) is 5.36. The van der Waals surface area contributed by atoms with Crippen LogP contribution in [0.1, 0.15) is 29.7 Å². The minimum Gasteiger partial charge on any atom is -0.384 e. The third kappa shape index (κ3) is 4.30. The topological polar surface area (TPSA) is 41.6 Å². The van der Waals surface area contributed by atoms with Crippen LogP contribution in [0.25, 0.3) is 0 Å². The Hall–Kier alpha value is -0.910. The Morgan fingerprint density at radius 3 is 2.85 bits per heavy atom. The summed E-state index contributed by atoms with van der Waals surface area (Å²) in [5, 5.41) is 5.76. The van der Waals surface area contributed by atoms with Gasteiger partial charge in [0.05, 0.1) is 13.0 Å². The van der Waals surface area contributed by atoms with Crippen LogP contribution in [0.2, 0.25) is 0 Å². The Balaban J connectivity index is 1.69. The average Bonchev–Trinajstić information content (AvgIpc) is 2.88. The summed E-state index contributed by atoms with van der Waals surface area (Å²) < 4.78 is 4.96. The molecule has 1 aliphatic rings. The van der Waals surface area contributed by atoms with Crippen molar-refractivity contribution in [2.24, 2.45) is 0 Å². The van der Waals surface area contributed by atoms with Crippen LogP contribution in [0.4, 0.5) is 0 Å². The van der Waals surface area contributed by atoms with Crippen molar-refractivity contribution in [3.63, 3.8) is 0 Å². The van der Waals surface area contributed by atoms with Gasteiger partial charge in [0, 0.05) is 37.7 Å². The van der Waals surface area contributed by atoms with Gasteiger partial charge >= 0.3 is 0 Å². The van der Waals surface area contributed by atoms with Crippen molar-refractivity contribution in [2.45, 2.75) is 38.8 Å². The van der Waals surface area contributed by atoms with Gasteiger partial charge in [-0.05, 0) is 36.8 Å². The molecule has 4 nitrogen and oxygen atoms in total. The zero-order valence-electron chi connectivity index (χ0n) is 12.4. The third-order valence-corrected chi connectivity index (χ3v) is 4.91. The van der Waals surface area contributed by atoms with E-state index < -0.39 is 0 Å². The maximum absolute atomic E-state index is 11.9. The van der Waals surface area contributed by atoms with Crippen molar-refractivity contribution in [3.8, 4) is 0 Å². The normalized spacial score (nSPS) is 16.6. The molecule has 1 aliphatic heterocycles. The van der Waals surface area contributed by atoms with Crippen LogP contribution in [0, 0.1) is 6.92 Å². The number of ether oxygens (including phenoxy) is 1. The lowest BCUT2D eigenvalue weighted by atomic mass is 10.0. The molecule has 0 radical (unpaired) electrons. The number of amides is 1. The quantitative estimate of drug-likeness (QED) is 0.875. The first-order valence-corrected chi connectivity index (χ1v) is 8.11. The summed E-state index contributed by atoms with van der Waals surface area (Å²) in [4.78, 5) is 15.3. The van der Waals surface area contributed by atoms with Crippen LogP contribution in [0.5, 0.6) is 0 Å². The second kappa shape index (κ2) is 7.76. The van der Waals surface area contributed by atoms with Gasteiger partial charge in [-0.3, -0.25) is 4.79 Å². The van der Waals surface area contributed by atoms with E-state index in [9.17, 15) is 4.79 Å². The van der Waals surface area contributed by atoms with E-state index in [1.807, 2.05) is 16.2 Å². The summed E-state index contributed by atoms with van der Waals surface area (Å²) in [6, 6.07) is 2.70. The number of carbonyl (C=O) groups is 1. The summed E-state index contributed by atoms with van der Waals surface area (Å²) >= 11 is 1.81. The van der Waals surface area contributed by atoms with E-state index in [2.05, 4.69) is 23.7 Å². The second-order valence-corrected chi connectivity index (χ2v) is 6.31. The summed E-state index contributed by atoms with van der Waals surface area (Å²) in [5.74, 6) is 0.222. The third-order valence-electron chi connectivity index (χ3n) is 3.89. The second-order valence-electron chi connectivity index (χ2n) is 5.31. The lowest BCUT2D eigenvalue weighted by Gasteiger charge is -2.32. The smallest absolute Gasteiger partial charge is 0.224 e. The van der Waals surface area contributed by atoms with Gasteiger partial charge in [0.1, 0.15) is 0 Å². The van der Waals surface area contributed by atoms with Crippen molar-refractivity contribution >= 4 is 17.2 Å². The van der Waals surface area contributed by atoms with Gasteiger partial charge in [-0.15, -0.1) is 11.3 Å². The molecule has 2 heterocycles. The van der Waals surface area contributed by atoms with Crippen LogP contribution in [-0.4, -0.2) is 43.7 Å². The maximum atomic E-state index is 11.9. The van der Waals surface area contributed by atoms with Crippen molar-refractivity contribution < 1.29 is 9.53 Å². The molecule has 1 aromatic heterocycles. The fourth-order valence-electron chi connectivity index (χ4n) is 2.50. The first-order valence-electron chi connectivity index (χ1n) is 7.23. The van der Waals surface area contributed by atoms with E-state index in [1.54, 1.807) is 7.11 Å². The van der Waals surface area contributed by atoms with Crippen LogP contribution in [0.15, 0.2) is 11.4 Å². The van der Waals surface area contributed by atoms with Crippen LogP contribution in [-0.2, 0) is 16.1 Å². The SMILES string of the molecule is COCCC(=O)N1CCC(NCc2sccc2C)CC1. The molecule has 1 aromatic rings. The molecule has 0 bridgehead atoms. The summed E-state index contributed by atoms with van der Waals surface area (Å²) in [7, 11) is 1.63. The van der Waals surface area contributed by atoms with Gasteiger partial charge in [0.25, 0.3) is 0 Å². The number of methoxy groups -OCH3 is 1. The van der Waals surface area contributed by atoms with Crippen LogP contribution in [0.3, 0.4) is 0 Å². The largest absolute Gasteiger partial charge is 0.384 e. The lowest BCUT2D eigenvalue weighted by Crippen LogP contribution is -2.44. The molecule has 0 unspecified atom stereocenters. The van der Waals surface area contributed by atoms with Gasteiger partial charge in [-0.25, -0.2) is 0 Å². The zero-order chi connectivity index (χ0) is 14.4. The van der Waals surface area contributed by atoms with Gasteiger partial charge < -0.3 is 15.0 Å². The fourth-order valence-corrected chi connectivity index (χ4v) is 3.36. The van der Waals surface area contributed by atoms with E-state index >= 15 is 0 Å². The molecule has 1 N–H and O–H groups in total. The highest BCUT2D eigenvalue weighted by Gasteiger charge is 2.22. The average molecular weight is 296 g/mol. The van der Waals surface area contributed by atoms with E-state index in [1.165, 1.54) is 10.4 Å². The van der Waals surface area contributed by atoms with Gasteiger partial charge in [0.2, 0.25) is 5.91 Å². The number of nitrogens with one attached hydrogen (secondary N) is 1. The molecule has 1 saturated heterocycles. The molecule has 1 amide bonds. The molecule has 5 heteroatoms. The van der Waals surface area contributed by atoms with Gasteiger partial charge in [-0.1, -0.05) is 0 Å².